The Kier molecular flexibility index (Phi) is 4.46. The van der Waals surface area contributed by atoms with Crippen molar-refractivity contribution in [2.24, 2.45) is 17.6 Å². The maximum atomic E-state index is 12.7. The second-order valence-corrected chi connectivity index (χ2v) is 5.72. The Morgan fingerprint density at radius 2 is 2.00 bits per heavy atom. The van der Waals surface area contributed by atoms with E-state index in [4.69, 9.17) is 5.73 Å². The Morgan fingerprint density at radius 3 is 2.60 bits per heavy atom. The van der Waals surface area contributed by atoms with Crippen LogP contribution in [-0.4, -0.2) is 30.4 Å². The number of amides is 1. The molecule has 2 N–H and O–H groups in total. The van der Waals surface area contributed by atoms with Gasteiger partial charge in [-0.1, -0.05) is 37.3 Å². The molecule has 0 spiro atoms. The molecule has 2 atom stereocenters. The lowest BCUT2D eigenvalue weighted by atomic mass is 10.0. The summed E-state index contributed by atoms with van der Waals surface area (Å²) in [5.74, 6) is 7.04. The predicted molar refractivity (Wildman–Crippen MR) is 81.3 cm³/mol. The monoisotopic (exact) mass is 270 g/mol. The topological polar surface area (TPSA) is 46.3 Å². The van der Waals surface area contributed by atoms with Gasteiger partial charge in [0.2, 0.25) is 0 Å². The maximum Gasteiger partial charge on any atom is 0.255 e. The van der Waals surface area contributed by atoms with Crippen LogP contribution < -0.4 is 5.73 Å². The molecule has 1 aliphatic rings. The van der Waals surface area contributed by atoms with Crippen LogP contribution in [0, 0.1) is 30.6 Å². The van der Waals surface area contributed by atoms with Crippen LogP contribution in [0.5, 0.6) is 0 Å². The van der Waals surface area contributed by atoms with Gasteiger partial charge in [0.15, 0.2) is 0 Å². The summed E-state index contributed by atoms with van der Waals surface area (Å²) in [6.45, 7) is 8.35. The summed E-state index contributed by atoms with van der Waals surface area (Å²) in [6.07, 6.45) is 0. The molecule has 0 saturated carbocycles. The number of rotatable bonds is 1. The van der Waals surface area contributed by atoms with E-state index in [0.717, 1.165) is 24.2 Å². The molecule has 20 heavy (non-hydrogen) atoms. The lowest BCUT2D eigenvalue weighted by Crippen LogP contribution is -2.29. The number of carbonyl (C=O) groups is 1. The van der Waals surface area contributed by atoms with E-state index in [2.05, 4.69) is 25.7 Å². The number of hydrogen-bond acceptors (Lipinski definition) is 2. The van der Waals surface area contributed by atoms with Crippen LogP contribution in [0.4, 0.5) is 0 Å². The minimum Gasteiger partial charge on any atom is -0.338 e. The third kappa shape index (κ3) is 3.02. The second kappa shape index (κ2) is 6.11. The molecule has 0 radical (unpaired) electrons. The first-order valence-electron chi connectivity index (χ1n) is 7.11. The Bertz CT molecular complexity index is 558. The fourth-order valence-corrected chi connectivity index (χ4v) is 2.56. The molecule has 1 fully saturated rings. The molecule has 1 aromatic carbocycles. The zero-order valence-electron chi connectivity index (χ0n) is 12.4. The van der Waals surface area contributed by atoms with Crippen molar-refractivity contribution >= 4 is 5.91 Å². The first kappa shape index (κ1) is 14.6. The van der Waals surface area contributed by atoms with Crippen molar-refractivity contribution in [2.45, 2.75) is 20.8 Å². The average Bonchev–Trinajstić information content (AvgIpc) is 2.76. The van der Waals surface area contributed by atoms with E-state index in [9.17, 15) is 4.79 Å². The van der Waals surface area contributed by atoms with Gasteiger partial charge < -0.3 is 10.6 Å². The minimum absolute atomic E-state index is 0.0891. The van der Waals surface area contributed by atoms with Gasteiger partial charge in [0, 0.05) is 18.7 Å². The molecule has 106 valence electrons. The van der Waals surface area contributed by atoms with Crippen molar-refractivity contribution < 1.29 is 4.79 Å². The van der Waals surface area contributed by atoms with Crippen LogP contribution in [0.3, 0.4) is 0 Å². The Hall–Kier alpha value is -1.79. The molecule has 2 unspecified atom stereocenters. The second-order valence-electron chi connectivity index (χ2n) is 5.72. The SMILES string of the molecule is Cc1ccc(C#CCN)c(C(=O)N2CC(C)C(C)C2)c1. The Labute approximate surface area is 121 Å². The average molecular weight is 270 g/mol. The summed E-state index contributed by atoms with van der Waals surface area (Å²) in [4.78, 5) is 14.6. The van der Waals surface area contributed by atoms with Crippen molar-refractivity contribution in [3.63, 3.8) is 0 Å². The summed E-state index contributed by atoms with van der Waals surface area (Å²) in [6, 6.07) is 5.82. The van der Waals surface area contributed by atoms with Gasteiger partial charge in [0.25, 0.3) is 5.91 Å². The number of nitrogens with zero attached hydrogens (tertiary/aromatic N) is 1. The van der Waals surface area contributed by atoms with E-state index >= 15 is 0 Å². The zero-order valence-corrected chi connectivity index (χ0v) is 12.4. The van der Waals surface area contributed by atoms with E-state index in [1.54, 1.807) is 0 Å². The van der Waals surface area contributed by atoms with Crippen LogP contribution >= 0.6 is 0 Å². The maximum absolute atomic E-state index is 12.7. The number of aryl methyl sites for hydroxylation is 1. The van der Waals surface area contributed by atoms with Crippen LogP contribution in [0.25, 0.3) is 0 Å². The van der Waals surface area contributed by atoms with E-state index in [0.29, 0.717) is 23.9 Å². The summed E-state index contributed by atoms with van der Waals surface area (Å²) in [5, 5.41) is 0. The number of hydrogen-bond donors (Lipinski definition) is 1. The highest BCUT2D eigenvalue weighted by Crippen LogP contribution is 2.24. The Morgan fingerprint density at radius 1 is 1.35 bits per heavy atom. The van der Waals surface area contributed by atoms with E-state index < -0.39 is 0 Å². The molecule has 0 aromatic heterocycles. The van der Waals surface area contributed by atoms with E-state index in [1.807, 2.05) is 30.0 Å². The molecule has 0 bridgehead atoms. The molecule has 1 aromatic rings. The van der Waals surface area contributed by atoms with Crippen molar-refractivity contribution in [3.8, 4) is 11.8 Å². The lowest BCUT2D eigenvalue weighted by Gasteiger charge is -2.17. The number of likely N-dealkylation sites (tertiary alicyclic amines) is 1. The molecular weight excluding hydrogens is 248 g/mol. The van der Waals surface area contributed by atoms with Crippen molar-refractivity contribution in [1.29, 1.82) is 0 Å². The van der Waals surface area contributed by atoms with Gasteiger partial charge in [-0.05, 0) is 30.9 Å². The minimum atomic E-state index is 0.0891. The van der Waals surface area contributed by atoms with Crippen molar-refractivity contribution in [3.05, 3.63) is 34.9 Å². The van der Waals surface area contributed by atoms with Crippen molar-refractivity contribution in [2.75, 3.05) is 19.6 Å². The van der Waals surface area contributed by atoms with Crippen LogP contribution in [0.2, 0.25) is 0 Å². The van der Waals surface area contributed by atoms with Gasteiger partial charge in [-0.25, -0.2) is 0 Å². The summed E-state index contributed by atoms with van der Waals surface area (Å²) in [5.41, 5.74) is 7.98. The highest BCUT2D eigenvalue weighted by molar-refractivity contribution is 5.97. The highest BCUT2D eigenvalue weighted by Gasteiger charge is 2.30. The molecule has 3 nitrogen and oxygen atoms in total. The van der Waals surface area contributed by atoms with Crippen molar-refractivity contribution in [1.82, 2.24) is 4.90 Å². The molecule has 1 heterocycles. The third-order valence-corrected chi connectivity index (χ3v) is 4.01. The smallest absolute Gasteiger partial charge is 0.255 e. The van der Waals surface area contributed by atoms with Crippen LogP contribution in [0.1, 0.15) is 35.3 Å². The van der Waals surface area contributed by atoms with E-state index in [-0.39, 0.29) is 5.91 Å². The molecule has 0 aliphatic carbocycles. The van der Waals surface area contributed by atoms with Gasteiger partial charge in [0.1, 0.15) is 0 Å². The van der Waals surface area contributed by atoms with Crippen LogP contribution in [0.15, 0.2) is 18.2 Å². The van der Waals surface area contributed by atoms with Gasteiger partial charge in [0.05, 0.1) is 12.1 Å². The molecule has 3 heteroatoms. The summed E-state index contributed by atoms with van der Waals surface area (Å²) in [7, 11) is 0. The Balaban J connectivity index is 2.31. The van der Waals surface area contributed by atoms with Crippen LogP contribution in [-0.2, 0) is 0 Å². The predicted octanol–water partition coefficient (Wildman–Crippen LogP) is 2.03. The van der Waals surface area contributed by atoms with Gasteiger partial charge in [-0.2, -0.15) is 0 Å². The van der Waals surface area contributed by atoms with Gasteiger partial charge in [-0.15, -0.1) is 0 Å². The normalized spacial score (nSPS) is 21.5. The fourth-order valence-electron chi connectivity index (χ4n) is 2.56. The first-order chi connectivity index (χ1) is 9.52. The molecule has 1 saturated heterocycles. The summed E-state index contributed by atoms with van der Waals surface area (Å²) >= 11 is 0. The molecule has 2 rings (SSSR count). The van der Waals surface area contributed by atoms with Gasteiger partial charge >= 0.3 is 0 Å². The van der Waals surface area contributed by atoms with E-state index in [1.165, 1.54) is 0 Å². The number of nitrogens with two attached hydrogens (primary N) is 1. The largest absolute Gasteiger partial charge is 0.338 e. The molecular formula is C17H22N2O. The first-order valence-corrected chi connectivity index (χ1v) is 7.11. The fraction of sp³-hybridized carbons (Fsp3) is 0.471. The lowest BCUT2D eigenvalue weighted by molar-refractivity contribution is 0.0784. The van der Waals surface area contributed by atoms with Gasteiger partial charge in [-0.3, -0.25) is 4.79 Å². The zero-order chi connectivity index (χ0) is 14.7. The number of benzene rings is 1. The summed E-state index contributed by atoms with van der Waals surface area (Å²) < 4.78 is 0. The molecule has 1 amide bonds. The number of carbonyl (C=O) groups excluding carboxylic acids is 1. The third-order valence-electron chi connectivity index (χ3n) is 4.01. The quantitative estimate of drug-likeness (QED) is 0.794. The standard InChI is InChI=1S/C17H22N2O/c1-12-6-7-15(5-4-8-18)16(9-12)17(20)19-10-13(2)14(3)11-19/h6-7,9,13-14H,8,10-11,18H2,1-3H3. The highest BCUT2D eigenvalue weighted by atomic mass is 16.2. The molecule has 1 aliphatic heterocycles.